The van der Waals surface area contributed by atoms with Crippen LogP contribution in [0.1, 0.15) is 102 Å². The third kappa shape index (κ3) is 11.9. The Bertz CT molecular complexity index is 583. The molecule has 1 N–H and O–H groups in total. The molecule has 0 saturated carbocycles. The van der Waals surface area contributed by atoms with E-state index in [1.54, 1.807) is 12.1 Å². The molecule has 0 radical (unpaired) electrons. The first-order chi connectivity index (χ1) is 13.0. The summed E-state index contributed by atoms with van der Waals surface area (Å²) in [5.74, 6) is 0. The Hall–Kier alpha value is 0.0900. The van der Waals surface area contributed by atoms with E-state index >= 15 is 0 Å². The van der Waals surface area contributed by atoms with Gasteiger partial charge < -0.3 is 0 Å². The number of unbranched alkanes of at least 4 members (excludes halogenated alkanes) is 10. The molecule has 0 aliphatic rings. The van der Waals surface area contributed by atoms with Crippen molar-refractivity contribution in [2.24, 2.45) is 0 Å². The molecule has 0 bridgehead atoms. The zero-order valence-electron chi connectivity index (χ0n) is 17.2. The van der Waals surface area contributed by atoms with Crippen LogP contribution in [-0.4, -0.2) is 43.2 Å². The van der Waals surface area contributed by atoms with Crippen LogP contribution in [0, 0.1) is 0 Å². The van der Waals surface area contributed by atoms with Gasteiger partial charge in [0.15, 0.2) is 0 Å². The quantitative estimate of drug-likeness (QED) is 0.153. The van der Waals surface area contributed by atoms with Gasteiger partial charge in [-0.15, -0.1) is 4.33 Å². The molecule has 0 amide bonds. The Labute approximate surface area is 194 Å². The van der Waals surface area contributed by atoms with Gasteiger partial charge in [0.25, 0.3) is 0 Å². The average molecular weight is 423 g/mol. The SMILES string of the molecule is CCCCCCCCc1cc(CCCCCCCC)cc(S(=O)(=O)OO)c1.[NaH]. The number of aryl methyl sites for hydroxylation is 2. The minimum absolute atomic E-state index is 0. The summed E-state index contributed by atoms with van der Waals surface area (Å²) in [4.78, 5) is 0.0643. The molecule has 1 rings (SSSR count). The van der Waals surface area contributed by atoms with Crippen LogP contribution >= 0.6 is 0 Å². The molecule has 0 aromatic heterocycles. The van der Waals surface area contributed by atoms with Gasteiger partial charge >= 0.3 is 39.7 Å². The average Bonchev–Trinajstić information content (AvgIpc) is 2.67. The molecule has 0 aliphatic carbocycles. The molecule has 0 fully saturated rings. The molecule has 1 aromatic rings. The molecule has 0 spiro atoms. The first-order valence-electron chi connectivity index (χ1n) is 10.7. The second-order valence-corrected chi connectivity index (χ2v) is 9.08. The fourth-order valence-corrected chi connectivity index (χ4v) is 4.10. The van der Waals surface area contributed by atoms with Gasteiger partial charge in [-0.1, -0.05) is 84.1 Å². The Kier molecular flexibility index (Phi) is 16.9. The van der Waals surface area contributed by atoms with E-state index in [9.17, 15) is 8.42 Å². The van der Waals surface area contributed by atoms with Crippen LogP contribution in [0.15, 0.2) is 23.1 Å². The predicted molar refractivity (Wildman–Crippen MR) is 119 cm³/mol. The molecule has 0 atom stereocenters. The van der Waals surface area contributed by atoms with E-state index in [0.717, 1.165) is 36.8 Å². The zero-order chi connectivity index (χ0) is 20.0. The third-order valence-electron chi connectivity index (χ3n) is 5.05. The maximum atomic E-state index is 11.9. The van der Waals surface area contributed by atoms with Crippen molar-refractivity contribution in [3.8, 4) is 0 Å². The van der Waals surface area contributed by atoms with Crippen LogP contribution in [0.4, 0.5) is 0 Å². The Morgan fingerprint density at radius 3 is 1.50 bits per heavy atom. The summed E-state index contributed by atoms with van der Waals surface area (Å²) in [7, 11) is -4.07. The van der Waals surface area contributed by atoms with E-state index in [1.165, 1.54) is 64.2 Å². The van der Waals surface area contributed by atoms with Gasteiger partial charge in [-0.2, -0.15) is 8.42 Å². The molecule has 158 valence electrons. The van der Waals surface area contributed by atoms with Crippen molar-refractivity contribution in [3.63, 3.8) is 0 Å². The van der Waals surface area contributed by atoms with Gasteiger partial charge in [0.2, 0.25) is 0 Å². The standard InChI is InChI=1S/C22H38O4S.Na.H/c1-3-5-7-9-11-13-15-20-17-21(16-14-12-10-8-6-4-2)19-22(18-20)27(24,25)26-23;;/h17-19,23H,3-16H2,1-2H3;;. The van der Waals surface area contributed by atoms with Gasteiger partial charge in [-0.3, -0.25) is 0 Å². The van der Waals surface area contributed by atoms with Crippen molar-refractivity contribution in [2.45, 2.75) is 109 Å². The molecule has 0 unspecified atom stereocenters. The number of rotatable bonds is 16. The van der Waals surface area contributed by atoms with Gasteiger partial charge in [0.05, 0.1) is 4.90 Å². The number of benzene rings is 1. The first-order valence-corrected chi connectivity index (χ1v) is 12.1. The van der Waals surface area contributed by atoms with Crippen LogP contribution in [-0.2, 0) is 27.3 Å². The Morgan fingerprint density at radius 1 is 0.714 bits per heavy atom. The summed E-state index contributed by atoms with van der Waals surface area (Å²) in [6.45, 7) is 4.42. The Balaban J connectivity index is 0.00000729. The molecule has 0 saturated heterocycles. The molecule has 4 nitrogen and oxygen atoms in total. The van der Waals surface area contributed by atoms with Crippen molar-refractivity contribution in [2.75, 3.05) is 0 Å². The molecule has 28 heavy (non-hydrogen) atoms. The van der Waals surface area contributed by atoms with Crippen molar-refractivity contribution in [1.82, 2.24) is 0 Å². The molecular weight excluding hydrogens is 383 g/mol. The monoisotopic (exact) mass is 422 g/mol. The number of hydrogen-bond acceptors (Lipinski definition) is 4. The van der Waals surface area contributed by atoms with Crippen molar-refractivity contribution in [3.05, 3.63) is 29.3 Å². The van der Waals surface area contributed by atoms with Crippen LogP contribution < -0.4 is 0 Å². The first kappa shape index (κ1) is 28.1. The van der Waals surface area contributed by atoms with Crippen molar-refractivity contribution >= 4 is 39.7 Å². The molecule has 6 heteroatoms. The van der Waals surface area contributed by atoms with Crippen molar-refractivity contribution < 1.29 is 18.0 Å². The number of hydrogen-bond donors (Lipinski definition) is 1. The summed E-state index contributed by atoms with van der Waals surface area (Å²) < 4.78 is 27.6. The Morgan fingerprint density at radius 2 is 1.11 bits per heavy atom. The second kappa shape index (κ2) is 16.8. The van der Waals surface area contributed by atoms with Crippen LogP contribution in [0.5, 0.6) is 0 Å². The van der Waals surface area contributed by atoms with E-state index < -0.39 is 10.1 Å². The van der Waals surface area contributed by atoms with Gasteiger partial charge in [-0.05, 0) is 48.9 Å². The van der Waals surface area contributed by atoms with Crippen LogP contribution in [0.25, 0.3) is 0 Å². The fraction of sp³-hybridized carbons (Fsp3) is 0.727. The molecule has 0 aliphatic heterocycles. The van der Waals surface area contributed by atoms with Gasteiger partial charge in [0, 0.05) is 0 Å². The summed E-state index contributed by atoms with van der Waals surface area (Å²) in [5, 5.41) is 8.73. The summed E-state index contributed by atoms with van der Waals surface area (Å²) in [5.41, 5.74) is 2.04. The van der Waals surface area contributed by atoms with E-state index in [2.05, 4.69) is 24.2 Å². The van der Waals surface area contributed by atoms with E-state index in [-0.39, 0.29) is 34.5 Å². The topological polar surface area (TPSA) is 63.6 Å². The summed E-state index contributed by atoms with van der Waals surface area (Å²) >= 11 is 0. The van der Waals surface area contributed by atoms with Crippen LogP contribution in [0.2, 0.25) is 0 Å². The molecule has 1 aromatic carbocycles. The van der Waals surface area contributed by atoms with E-state index in [0.29, 0.717) is 0 Å². The molecule has 0 heterocycles. The summed E-state index contributed by atoms with van der Waals surface area (Å²) in [6.07, 6.45) is 16.2. The van der Waals surface area contributed by atoms with E-state index in [1.807, 2.05) is 0 Å². The predicted octanol–water partition coefficient (Wildman–Crippen LogP) is 6.02. The normalized spacial score (nSPS) is 11.4. The minimum atomic E-state index is -4.07. The maximum absolute atomic E-state index is 11.9. The van der Waals surface area contributed by atoms with Gasteiger partial charge in [0.1, 0.15) is 0 Å². The zero-order valence-corrected chi connectivity index (χ0v) is 18.0. The van der Waals surface area contributed by atoms with Gasteiger partial charge in [-0.25, -0.2) is 5.26 Å². The second-order valence-electron chi connectivity index (χ2n) is 7.55. The molecular formula is C22H39NaO4S. The summed E-state index contributed by atoms with van der Waals surface area (Å²) in [6, 6.07) is 5.40. The van der Waals surface area contributed by atoms with E-state index in [4.69, 9.17) is 5.26 Å². The fourth-order valence-electron chi connectivity index (χ4n) is 3.42. The van der Waals surface area contributed by atoms with Crippen LogP contribution in [0.3, 0.4) is 0 Å². The van der Waals surface area contributed by atoms with Crippen molar-refractivity contribution in [1.29, 1.82) is 0 Å². The third-order valence-corrected chi connectivity index (χ3v) is 6.06.